The summed E-state index contributed by atoms with van der Waals surface area (Å²) in [4.78, 5) is 12.4. The van der Waals surface area contributed by atoms with E-state index in [1.54, 1.807) is 0 Å². The van der Waals surface area contributed by atoms with Crippen molar-refractivity contribution in [1.82, 2.24) is 0 Å². The quantitative estimate of drug-likeness (QED) is 0.691. The summed E-state index contributed by atoms with van der Waals surface area (Å²) in [6, 6.07) is 2.25. The van der Waals surface area contributed by atoms with Gasteiger partial charge in [0.15, 0.2) is 5.78 Å². The van der Waals surface area contributed by atoms with Crippen molar-refractivity contribution in [3.63, 3.8) is 0 Å². The van der Waals surface area contributed by atoms with Crippen LogP contribution in [-0.2, 0) is 4.79 Å². The summed E-state index contributed by atoms with van der Waals surface area (Å²) in [7, 11) is 0. The fourth-order valence-corrected chi connectivity index (χ4v) is 5.77. The molecule has 3 atom stereocenters. The van der Waals surface area contributed by atoms with Gasteiger partial charge in [0.25, 0.3) is 0 Å². The van der Waals surface area contributed by atoms with Crippen LogP contribution in [0, 0.1) is 22.2 Å². The standard InChI is InChI=1S/C11H13Br2NO/c1-9(2)8(15)11(13)4-3-10(9,5-6-14)7(11)12/h7H,3-5H2,1-2H3/t7-,10+,11-/m0/s1. The second-order valence-corrected chi connectivity index (χ2v) is 7.50. The zero-order chi connectivity index (χ0) is 11.5. The van der Waals surface area contributed by atoms with Gasteiger partial charge in [0.1, 0.15) is 0 Å². The molecule has 0 aromatic heterocycles. The van der Waals surface area contributed by atoms with Crippen molar-refractivity contribution in [1.29, 1.82) is 5.26 Å². The summed E-state index contributed by atoms with van der Waals surface area (Å²) in [6.07, 6.45) is 2.24. The molecule has 0 aromatic carbocycles. The Hall–Kier alpha value is 0.120. The number of ketones is 1. The molecule has 4 heteroatoms. The van der Waals surface area contributed by atoms with Gasteiger partial charge in [-0.05, 0) is 12.8 Å². The Morgan fingerprint density at radius 1 is 1.53 bits per heavy atom. The largest absolute Gasteiger partial charge is 0.297 e. The first kappa shape index (κ1) is 11.6. The lowest BCUT2D eigenvalue weighted by atomic mass is 9.63. The highest BCUT2D eigenvalue weighted by molar-refractivity contribution is 9.13. The molecule has 0 saturated heterocycles. The van der Waals surface area contributed by atoms with Gasteiger partial charge in [0, 0.05) is 22.1 Å². The van der Waals surface area contributed by atoms with Crippen LogP contribution < -0.4 is 0 Å². The van der Waals surface area contributed by atoms with Gasteiger partial charge in [-0.15, -0.1) is 0 Å². The van der Waals surface area contributed by atoms with Gasteiger partial charge in [-0.1, -0.05) is 45.7 Å². The second-order valence-electron chi connectivity index (χ2n) is 5.17. The first-order valence-electron chi connectivity index (χ1n) is 5.08. The molecule has 2 aliphatic carbocycles. The number of nitrogens with zero attached hydrogens (tertiary/aromatic N) is 1. The molecule has 0 N–H and O–H groups in total. The molecular formula is C11H13Br2NO. The number of halogens is 2. The molecular weight excluding hydrogens is 322 g/mol. The van der Waals surface area contributed by atoms with Crippen LogP contribution in [0.2, 0.25) is 0 Å². The van der Waals surface area contributed by atoms with Crippen LogP contribution in [0.1, 0.15) is 33.1 Å². The smallest absolute Gasteiger partial charge is 0.156 e. The number of fused-ring (bicyclic) bond motifs is 2. The molecule has 2 aliphatic rings. The number of alkyl halides is 2. The highest BCUT2D eigenvalue weighted by Crippen LogP contribution is 2.70. The SMILES string of the molecule is CC1(C)C(=O)[C@]2(Br)CC[C@@]1(CC#N)[C@@H]2Br. The minimum absolute atomic E-state index is 0.0830. The summed E-state index contributed by atoms with van der Waals surface area (Å²) >= 11 is 7.24. The van der Waals surface area contributed by atoms with Crippen molar-refractivity contribution >= 4 is 37.6 Å². The molecule has 0 aromatic rings. The lowest BCUT2D eigenvalue weighted by Gasteiger charge is -2.40. The van der Waals surface area contributed by atoms with Crippen molar-refractivity contribution in [3.05, 3.63) is 0 Å². The highest BCUT2D eigenvalue weighted by atomic mass is 79.9. The average molecular weight is 335 g/mol. The van der Waals surface area contributed by atoms with Gasteiger partial charge in [0.05, 0.1) is 10.4 Å². The fraction of sp³-hybridized carbons (Fsp3) is 0.818. The van der Waals surface area contributed by atoms with Crippen LogP contribution in [0.25, 0.3) is 0 Å². The number of carbonyl (C=O) groups excluding carboxylic acids is 1. The summed E-state index contributed by atoms with van der Waals surface area (Å²) in [5.74, 6) is 0.248. The molecule has 2 rings (SSSR count). The monoisotopic (exact) mass is 333 g/mol. The summed E-state index contributed by atoms with van der Waals surface area (Å²) in [5, 5.41) is 8.96. The molecule has 0 heterocycles. The van der Waals surface area contributed by atoms with E-state index in [-0.39, 0.29) is 16.0 Å². The Balaban J connectivity index is 2.57. The molecule has 2 nitrogen and oxygen atoms in total. The number of nitriles is 1. The van der Waals surface area contributed by atoms with E-state index in [1.165, 1.54) is 0 Å². The van der Waals surface area contributed by atoms with Gasteiger partial charge >= 0.3 is 0 Å². The number of rotatable bonds is 1. The van der Waals surface area contributed by atoms with Gasteiger partial charge in [-0.2, -0.15) is 5.26 Å². The third-order valence-electron chi connectivity index (χ3n) is 4.41. The number of hydrogen-bond acceptors (Lipinski definition) is 2. The zero-order valence-corrected chi connectivity index (χ0v) is 12.0. The maximum atomic E-state index is 12.3. The maximum absolute atomic E-state index is 12.3. The van der Waals surface area contributed by atoms with Crippen LogP contribution in [-0.4, -0.2) is 14.9 Å². The van der Waals surface area contributed by atoms with Crippen LogP contribution in [0.4, 0.5) is 0 Å². The lowest BCUT2D eigenvalue weighted by Crippen LogP contribution is -2.42. The van der Waals surface area contributed by atoms with Crippen molar-refractivity contribution in [2.75, 3.05) is 0 Å². The molecule has 2 saturated carbocycles. The van der Waals surface area contributed by atoms with Crippen molar-refractivity contribution in [3.8, 4) is 6.07 Å². The number of Topliss-reactive ketones (excluding diaryl/α,β-unsaturated/α-hetero) is 1. The Labute approximate surface area is 107 Å². The van der Waals surface area contributed by atoms with E-state index in [0.29, 0.717) is 6.42 Å². The summed E-state index contributed by atoms with van der Waals surface area (Å²) in [6.45, 7) is 3.95. The van der Waals surface area contributed by atoms with Crippen LogP contribution in [0.3, 0.4) is 0 Å². The third-order valence-corrected chi connectivity index (χ3v) is 7.89. The van der Waals surface area contributed by atoms with Crippen molar-refractivity contribution in [2.45, 2.75) is 42.3 Å². The molecule has 2 bridgehead atoms. The van der Waals surface area contributed by atoms with E-state index in [9.17, 15) is 4.79 Å². The maximum Gasteiger partial charge on any atom is 0.156 e. The third kappa shape index (κ3) is 1.07. The second kappa shape index (κ2) is 3.07. The highest BCUT2D eigenvalue weighted by Gasteiger charge is 2.74. The first-order valence-corrected chi connectivity index (χ1v) is 6.79. The van der Waals surface area contributed by atoms with E-state index >= 15 is 0 Å². The normalized spacial score (nSPS) is 46.9. The molecule has 0 aliphatic heterocycles. The van der Waals surface area contributed by atoms with Gasteiger partial charge < -0.3 is 0 Å². The van der Waals surface area contributed by atoms with Crippen LogP contribution in [0.5, 0.6) is 0 Å². The molecule has 15 heavy (non-hydrogen) atoms. The summed E-state index contributed by atoms with van der Waals surface area (Å²) < 4.78 is -0.437. The number of carbonyl (C=O) groups is 1. The minimum atomic E-state index is -0.437. The van der Waals surface area contributed by atoms with E-state index < -0.39 is 9.74 Å². The van der Waals surface area contributed by atoms with Crippen LogP contribution >= 0.6 is 31.9 Å². The van der Waals surface area contributed by atoms with Crippen molar-refractivity contribution < 1.29 is 4.79 Å². The van der Waals surface area contributed by atoms with Gasteiger partial charge in [-0.3, -0.25) is 4.79 Å². The number of hydrogen-bond donors (Lipinski definition) is 0. The molecule has 0 spiro atoms. The molecule has 82 valence electrons. The summed E-state index contributed by atoms with van der Waals surface area (Å²) in [5.41, 5.74) is -0.596. The molecule has 0 radical (unpaired) electrons. The average Bonchev–Trinajstić information content (AvgIpc) is 2.48. The fourth-order valence-electron chi connectivity index (χ4n) is 3.24. The zero-order valence-electron chi connectivity index (χ0n) is 8.81. The Bertz CT molecular complexity index is 373. The Morgan fingerprint density at radius 2 is 2.13 bits per heavy atom. The first-order chi connectivity index (χ1) is 6.83. The minimum Gasteiger partial charge on any atom is -0.297 e. The van der Waals surface area contributed by atoms with Gasteiger partial charge in [0.2, 0.25) is 0 Å². The molecule has 0 unspecified atom stereocenters. The van der Waals surface area contributed by atoms with Crippen LogP contribution in [0.15, 0.2) is 0 Å². The van der Waals surface area contributed by atoms with E-state index in [2.05, 4.69) is 37.9 Å². The Morgan fingerprint density at radius 3 is 2.53 bits per heavy atom. The molecule has 0 amide bonds. The predicted molar refractivity (Wildman–Crippen MR) is 65.1 cm³/mol. The Kier molecular flexibility index (Phi) is 2.38. The van der Waals surface area contributed by atoms with Crippen molar-refractivity contribution in [2.24, 2.45) is 10.8 Å². The predicted octanol–water partition coefficient (Wildman–Crippen LogP) is 3.19. The van der Waals surface area contributed by atoms with E-state index in [1.807, 2.05) is 13.8 Å². The lowest BCUT2D eigenvalue weighted by molar-refractivity contribution is -0.131. The van der Waals surface area contributed by atoms with E-state index in [4.69, 9.17) is 5.26 Å². The van der Waals surface area contributed by atoms with E-state index in [0.717, 1.165) is 12.8 Å². The topological polar surface area (TPSA) is 40.9 Å². The van der Waals surface area contributed by atoms with Gasteiger partial charge in [-0.25, -0.2) is 0 Å². The molecule has 2 fully saturated rings.